The first-order chi connectivity index (χ1) is 11.1. The van der Waals surface area contributed by atoms with Gasteiger partial charge in [-0.25, -0.2) is 4.79 Å². The van der Waals surface area contributed by atoms with E-state index in [-0.39, 0.29) is 11.7 Å². The van der Waals surface area contributed by atoms with Gasteiger partial charge >= 0.3 is 5.97 Å². The zero-order valence-corrected chi connectivity index (χ0v) is 13.4. The molecule has 4 nitrogen and oxygen atoms in total. The molecular weight excluding hydrogens is 292 g/mol. The summed E-state index contributed by atoms with van der Waals surface area (Å²) >= 11 is 0. The average Bonchev–Trinajstić information content (AvgIpc) is 2.55. The second-order valence-electron chi connectivity index (χ2n) is 5.93. The lowest BCUT2D eigenvalue weighted by molar-refractivity contribution is -0.137. The molecule has 120 valence electrons. The molecular formula is C19H20O4. The molecule has 1 saturated carbocycles. The molecule has 2 aliphatic rings. The highest BCUT2D eigenvalue weighted by atomic mass is 16.5. The monoisotopic (exact) mass is 312 g/mol. The van der Waals surface area contributed by atoms with E-state index in [4.69, 9.17) is 9.47 Å². The first-order valence-electron chi connectivity index (χ1n) is 7.89. The topological polar surface area (TPSA) is 52.6 Å². The van der Waals surface area contributed by atoms with E-state index in [9.17, 15) is 9.59 Å². The van der Waals surface area contributed by atoms with Crippen LogP contribution in [0.15, 0.2) is 53.0 Å². The highest BCUT2D eigenvalue weighted by Gasteiger charge is 2.39. The Morgan fingerprint density at radius 1 is 1.30 bits per heavy atom. The molecule has 1 atom stereocenters. The molecule has 0 saturated heterocycles. The van der Waals surface area contributed by atoms with Gasteiger partial charge in [-0.05, 0) is 25.3 Å². The molecule has 1 fully saturated rings. The van der Waals surface area contributed by atoms with Crippen LogP contribution in [0.1, 0.15) is 31.7 Å². The van der Waals surface area contributed by atoms with Gasteiger partial charge in [0, 0.05) is 24.3 Å². The Hall–Kier alpha value is -2.36. The lowest BCUT2D eigenvalue weighted by atomic mass is 9.76. The summed E-state index contributed by atoms with van der Waals surface area (Å²) in [6.45, 7) is 1.77. The summed E-state index contributed by atoms with van der Waals surface area (Å²) in [5.74, 6) is 0.706. The van der Waals surface area contributed by atoms with Crippen molar-refractivity contribution in [2.24, 2.45) is 5.92 Å². The van der Waals surface area contributed by atoms with Gasteiger partial charge in [-0.1, -0.05) is 30.3 Å². The number of rotatable bonds is 3. The molecule has 1 aliphatic carbocycles. The second-order valence-corrected chi connectivity index (χ2v) is 5.93. The number of ether oxygens (including phenoxy) is 2. The van der Waals surface area contributed by atoms with Gasteiger partial charge in [-0.3, -0.25) is 4.79 Å². The second kappa shape index (κ2) is 6.41. The maximum atomic E-state index is 12.5. The molecule has 1 aromatic carbocycles. The van der Waals surface area contributed by atoms with E-state index >= 15 is 0 Å². The van der Waals surface area contributed by atoms with Gasteiger partial charge in [0.25, 0.3) is 0 Å². The summed E-state index contributed by atoms with van der Waals surface area (Å²) in [5, 5.41) is 0. The van der Waals surface area contributed by atoms with Crippen LogP contribution in [0.25, 0.3) is 0 Å². The zero-order valence-electron chi connectivity index (χ0n) is 13.4. The fourth-order valence-electron chi connectivity index (χ4n) is 3.43. The minimum absolute atomic E-state index is 0.0843. The highest BCUT2D eigenvalue weighted by molar-refractivity contribution is 6.01. The number of carbonyl (C=O) groups excluding carboxylic acids is 2. The van der Waals surface area contributed by atoms with Gasteiger partial charge in [0.15, 0.2) is 5.78 Å². The van der Waals surface area contributed by atoms with Crippen LogP contribution in [0.4, 0.5) is 0 Å². The lowest BCUT2D eigenvalue weighted by Crippen LogP contribution is -2.31. The highest BCUT2D eigenvalue weighted by Crippen LogP contribution is 2.41. The number of Topliss-reactive ketones (excluding diaryl/α,β-unsaturated/α-hetero) is 1. The largest absolute Gasteiger partial charge is 0.466 e. The first-order valence-corrected chi connectivity index (χ1v) is 7.89. The van der Waals surface area contributed by atoms with Crippen molar-refractivity contribution in [3.05, 3.63) is 58.6 Å². The predicted octanol–water partition coefficient (Wildman–Crippen LogP) is 3.33. The summed E-state index contributed by atoms with van der Waals surface area (Å²) < 4.78 is 10.8. The Labute approximate surface area is 135 Å². The number of esters is 1. The molecule has 1 aromatic rings. The molecule has 3 rings (SSSR count). The standard InChI is InChI=1S/C19H20O4/c1-12-17(19(21)22-2)14-9-6-10-15(20)18(14)16(23-12)11-13-7-4-3-5-8-13/h3-5,7-8,14H,6,9-11H2,1-2H3. The van der Waals surface area contributed by atoms with Gasteiger partial charge in [0.2, 0.25) is 0 Å². The van der Waals surface area contributed by atoms with E-state index in [0.717, 1.165) is 18.4 Å². The molecule has 1 heterocycles. The van der Waals surface area contributed by atoms with Crippen LogP contribution in [-0.4, -0.2) is 18.9 Å². The third kappa shape index (κ3) is 2.93. The van der Waals surface area contributed by atoms with E-state index in [0.29, 0.717) is 35.5 Å². The first kappa shape index (κ1) is 15.5. The van der Waals surface area contributed by atoms with Crippen LogP contribution in [-0.2, 0) is 25.5 Å². The van der Waals surface area contributed by atoms with E-state index in [1.54, 1.807) is 6.92 Å². The minimum Gasteiger partial charge on any atom is -0.466 e. The summed E-state index contributed by atoms with van der Waals surface area (Å²) in [7, 11) is 1.36. The zero-order chi connectivity index (χ0) is 16.4. The quantitative estimate of drug-likeness (QED) is 0.803. The maximum absolute atomic E-state index is 12.5. The number of hydrogen-bond donors (Lipinski definition) is 0. The van der Waals surface area contributed by atoms with Crippen molar-refractivity contribution in [2.75, 3.05) is 7.11 Å². The number of benzene rings is 1. The Balaban J connectivity index is 2.01. The van der Waals surface area contributed by atoms with Crippen LogP contribution in [0.3, 0.4) is 0 Å². The smallest absolute Gasteiger partial charge is 0.337 e. The molecule has 4 heteroatoms. The summed E-state index contributed by atoms with van der Waals surface area (Å²) in [6, 6.07) is 9.90. The molecule has 0 N–H and O–H groups in total. The summed E-state index contributed by atoms with van der Waals surface area (Å²) in [4.78, 5) is 24.6. The number of allylic oxidation sites excluding steroid dienone is 3. The Morgan fingerprint density at radius 3 is 2.74 bits per heavy atom. The fraction of sp³-hybridized carbons (Fsp3) is 0.368. The van der Waals surface area contributed by atoms with Crippen LogP contribution in [0, 0.1) is 5.92 Å². The molecule has 1 aliphatic heterocycles. The summed E-state index contributed by atoms with van der Waals surface area (Å²) in [5.41, 5.74) is 2.24. The number of carbonyl (C=O) groups is 2. The Bertz CT molecular complexity index is 697. The van der Waals surface area contributed by atoms with Crippen molar-refractivity contribution in [1.82, 2.24) is 0 Å². The van der Waals surface area contributed by atoms with E-state index in [1.807, 2.05) is 30.3 Å². The van der Waals surface area contributed by atoms with Crippen molar-refractivity contribution in [2.45, 2.75) is 32.6 Å². The van der Waals surface area contributed by atoms with Crippen molar-refractivity contribution in [1.29, 1.82) is 0 Å². The van der Waals surface area contributed by atoms with Gasteiger partial charge < -0.3 is 9.47 Å². The third-order valence-electron chi connectivity index (χ3n) is 4.46. The number of methoxy groups -OCH3 is 1. The molecule has 1 unspecified atom stereocenters. The molecule has 0 radical (unpaired) electrons. The lowest BCUT2D eigenvalue weighted by Gasteiger charge is -2.33. The van der Waals surface area contributed by atoms with Gasteiger partial charge in [0.1, 0.15) is 11.5 Å². The molecule has 0 aromatic heterocycles. The fourth-order valence-corrected chi connectivity index (χ4v) is 3.43. The van der Waals surface area contributed by atoms with Gasteiger partial charge in [-0.2, -0.15) is 0 Å². The van der Waals surface area contributed by atoms with Gasteiger partial charge in [-0.15, -0.1) is 0 Å². The Morgan fingerprint density at radius 2 is 2.04 bits per heavy atom. The molecule has 23 heavy (non-hydrogen) atoms. The number of ketones is 1. The van der Waals surface area contributed by atoms with Crippen LogP contribution in [0.5, 0.6) is 0 Å². The van der Waals surface area contributed by atoms with E-state index in [2.05, 4.69) is 0 Å². The average molecular weight is 312 g/mol. The minimum atomic E-state index is -0.404. The normalized spacial score (nSPS) is 21.0. The van der Waals surface area contributed by atoms with Crippen molar-refractivity contribution in [3.63, 3.8) is 0 Å². The number of fused-ring (bicyclic) bond motifs is 1. The van der Waals surface area contributed by atoms with Crippen LogP contribution < -0.4 is 0 Å². The van der Waals surface area contributed by atoms with Crippen LogP contribution >= 0.6 is 0 Å². The van der Waals surface area contributed by atoms with Crippen LogP contribution in [0.2, 0.25) is 0 Å². The maximum Gasteiger partial charge on any atom is 0.337 e. The third-order valence-corrected chi connectivity index (χ3v) is 4.46. The molecule has 0 amide bonds. The molecule has 0 spiro atoms. The summed E-state index contributed by atoms with van der Waals surface area (Å²) in [6.07, 6.45) is 2.65. The van der Waals surface area contributed by atoms with Crippen molar-refractivity contribution in [3.8, 4) is 0 Å². The number of hydrogen-bond acceptors (Lipinski definition) is 4. The SMILES string of the molecule is COC(=O)C1=C(C)OC(Cc2ccccc2)=C2C(=O)CCCC12. The predicted molar refractivity (Wildman–Crippen MR) is 85.3 cm³/mol. The van der Waals surface area contributed by atoms with E-state index < -0.39 is 5.97 Å². The van der Waals surface area contributed by atoms with E-state index in [1.165, 1.54) is 7.11 Å². The van der Waals surface area contributed by atoms with Gasteiger partial charge in [0.05, 0.1) is 12.7 Å². The Kier molecular flexibility index (Phi) is 4.33. The molecule has 0 bridgehead atoms. The van der Waals surface area contributed by atoms with Crippen molar-refractivity contribution >= 4 is 11.8 Å². The van der Waals surface area contributed by atoms with Crippen molar-refractivity contribution < 1.29 is 19.1 Å².